The molecule has 0 fully saturated rings. The summed E-state index contributed by atoms with van der Waals surface area (Å²) in [6.45, 7) is 0.683. The molecular weight excluding hydrogens is 233 g/mol. The van der Waals surface area contributed by atoms with Crippen molar-refractivity contribution in [1.82, 2.24) is 14.8 Å². The number of nitrogens with zero attached hydrogens (tertiary/aromatic N) is 3. The normalized spacial score (nSPS) is 10.5. The van der Waals surface area contributed by atoms with Crippen molar-refractivity contribution < 1.29 is 0 Å². The lowest BCUT2D eigenvalue weighted by atomic mass is 10.2. The Morgan fingerprint density at radius 1 is 1.13 bits per heavy atom. The Bertz CT molecular complexity index is 439. The Kier molecular flexibility index (Phi) is 3.23. The number of halogens is 2. The predicted octanol–water partition coefficient (Wildman–Crippen LogP) is 2.83. The Balaban J connectivity index is 2.02. The molecule has 0 spiro atoms. The fourth-order valence-electron chi connectivity index (χ4n) is 1.32. The minimum Gasteiger partial charge on any atom is -0.235 e. The third-order valence-electron chi connectivity index (χ3n) is 2.06. The van der Waals surface area contributed by atoms with Gasteiger partial charge >= 0.3 is 0 Å². The quantitative estimate of drug-likeness (QED) is 0.828. The SMILES string of the molecule is Clc1nc(Cl)n(CCc2ccccc2)n1. The maximum Gasteiger partial charge on any atom is 0.243 e. The Morgan fingerprint density at radius 3 is 2.47 bits per heavy atom. The lowest BCUT2D eigenvalue weighted by Crippen LogP contribution is -2.03. The van der Waals surface area contributed by atoms with Crippen LogP contribution < -0.4 is 0 Å². The predicted molar refractivity (Wildman–Crippen MR) is 60.2 cm³/mol. The second kappa shape index (κ2) is 4.64. The van der Waals surface area contributed by atoms with Crippen LogP contribution in [0.25, 0.3) is 0 Å². The van der Waals surface area contributed by atoms with Crippen molar-refractivity contribution in [1.29, 1.82) is 0 Å². The van der Waals surface area contributed by atoms with Gasteiger partial charge in [-0.05, 0) is 35.2 Å². The van der Waals surface area contributed by atoms with Gasteiger partial charge in [0.05, 0.1) is 0 Å². The molecule has 1 aromatic carbocycles. The zero-order valence-electron chi connectivity index (χ0n) is 7.90. The van der Waals surface area contributed by atoms with E-state index in [2.05, 4.69) is 22.2 Å². The number of hydrogen-bond acceptors (Lipinski definition) is 2. The molecule has 2 rings (SSSR count). The van der Waals surface area contributed by atoms with Crippen LogP contribution in [0.1, 0.15) is 5.56 Å². The molecule has 0 amide bonds. The van der Waals surface area contributed by atoms with E-state index in [0.717, 1.165) is 6.42 Å². The molecule has 0 aliphatic rings. The highest BCUT2D eigenvalue weighted by Gasteiger charge is 2.04. The summed E-state index contributed by atoms with van der Waals surface area (Å²) in [4.78, 5) is 3.81. The van der Waals surface area contributed by atoms with Crippen molar-refractivity contribution in [2.45, 2.75) is 13.0 Å². The van der Waals surface area contributed by atoms with Crippen molar-refractivity contribution in [3.8, 4) is 0 Å². The van der Waals surface area contributed by atoms with E-state index < -0.39 is 0 Å². The van der Waals surface area contributed by atoms with Gasteiger partial charge in [0.25, 0.3) is 0 Å². The minimum atomic E-state index is 0.188. The highest BCUT2D eigenvalue weighted by Crippen LogP contribution is 2.10. The largest absolute Gasteiger partial charge is 0.243 e. The van der Waals surface area contributed by atoms with Crippen molar-refractivity contribution in [3.63, 3.8) is 0 Å². The molecule has 78 valence electrons. The average Bonchev–Trinajstić information content (AvgIpc) is 2.56. The highest BCUT2D eigenvalue weighted by molar-refractivity contribution is 6.31. The average molecular weight is 242 g/mol. The summed E-state index contributed by atoms with van der Waals surface area (Å²) in [5.41, 5.74) is 1.24. The first kappa shape index (κ1) is 10.5. The maximum absolute atomic E-state index is 5.82. The number of hydrogen-bond donors (Lipinski definition) is 0. The topological polar surface area (TPSA) is 30.7 Å². The van der Waals surface area contributed by atoms with Crippen LogP contribution >= 0.6 is 23.2 Å². The zero-order valence-corrected chi connectivity index (χ0v) is 9.41. The molecule has 0 radical (unpaired) electrons. The van der Waals surface area contributed by atoms with E-state index in [1.807, 2.05) is 18.2 Å². The lowest BCUT2D eigenvalue weighted by Gasteiger charge is -2.01. The molecule has 0 unspecified atom stereocenters. The monoisotopic (exact) mass is 241 g/mol. The Hall–Kier alpha value is -1.06. The van der Waals surface area contributed by atoms with Crippen molar-refractivity contribution >= 4 is 23.2 Å². The summed E-state index contributed by atoms with van der Waals surface area (Å²) in [6.07, 6.45) is 0.861. The highest BCUT2D eigenvalue weighted by atomic mass is 35.5. The molecule has 0 aliphatic carbocycles. The van der Waals surface area contributed by atoms with Crippen LogP contribution in [0.3, 0.4) is 0 Å². The fraction of sp³-hybridized carbons (Fsp3) is 0.200. The summed E-state index contributed by atoms with van der Waals surface area (Å²) < 4.78 is 1.59. The molecule has 5 heteroatoms. The number of aromatic nitrogens is 3. The van der Waals surface area contributed by atoms with Crippen LogP contribution in [0.5, 0.6) is 0 Å². The van der Waals surface area contributed by atoms with Crippen LogP contribution in [0.4, 0.5) is 0 Å². The summed E-state index contributed by atoms with van der Waals surface area (Å²) >= 11 is 11.4. The number of aryl methyl sites for hydroxylation is 2. The van der Waals surface area contributed by atoms with E-state index in [1.165, 1.54) is 5.56 Å². The second-order valence-electron chi connectivity index (χ2n) is 3.11. The van der Waals surface area contributed by atoms with Gasteiger partial charge in [-0.1, -0.05) is 30.3 Å². The molecule has 0 saturated heterocycles. The molecule has 1 heterocycles. The second-order valence-corrected chi connectivity index (χ2v) is 3.78. The van der Waals surface area contributed by atoms with Gasteiger partial charge in [-0.15, -0.1) is 5.10 Å². The Morgan fingerprint density at radius 2 is 1.87 bits per heavy atom. The van der Waals surface area contributed by atoms with Gasteiger partial charge in [-0.2, -0.15) is 4.98 Å². The zero-order chi connectivity index (χ0) is 10.7. The number of benzene rings is 1. The summed E-state index contributed by atoms with van der Waals surface area (Å²) in [7, 11) is 0. The minimum absolute atomic E-state index is 0.188. The van der Waals surface area contributed by atoms with Crippen LogP contribution in [0.2, 0.25) is 10.6 Å². The third-order valence-corrected chi connectivity index (χ3v) is 2.50. The fourth-order valence-corrected chi connectivity index (χ4v) is 1.74. The van der Waals surface area contributed by atoms with Gasteiger partial charge in [0.15, 0.2) is 0 Å². The Labute approximate surface area is 97.7 Å². The summed E-state index contributed by atoms with van der Waals surface area (Å²) in [6, 6.07) is 10.1. The van der Waals surface area contributed by atoms with E-state index in [-0.39, 0.29) is 5.28 Å². The van der Waals surface area contributed by atoms with E-state index in [4.69, 9.17) is 23.2 Å². The molecule has 2 aromatic rings. The molecule has 0 N–H and O–H groups in total. The van der Waals surface area contributed by atoms with Gasteiger partial charge in [0.1, 0.15) is 0 Å². The molecule has 15 heavy (non-hydrogen) atoms. The van der Waals surface area contributed by atoms with Gasteiger partial charge in [0.2, 0.25) is 10.6 Å². The summed E-state index contributed by atoms with van der Waals surface area (Å²) in [5, 5.41) is 4.48. The number of rotatable bonds is 3. The molecule has 0 saturated carbocycles. The van der Waals surface area contributed by atoms with Crippen molar-refractivity contribution in [2.75, 3.05) is 0 Å². The first-order chi connectivity index (χ1) is 7.25. The lowest BCUT2D eigenvalue weighted by molar-refractivity contribution is 0.614. The third kappa shape index (κ3) is 2.70. The molecule has 3 nitrogen and oxygen atoms in total. The molecular formula is C10H9Cl2N3. The van der Waals surface area contributed by atoms with Crippen LogP contribution in [-0.2, 0) is 13.0 Å². The molecule has 0 atom stereocenters. The van der Waals surface area contributed by atoms with Crippen LogP contribution in [0.15, 0.2) is 30.3 Å². The van der Waals surface area contributed by atoms with E-state index in [0.29, 0.717) is 11.8 Å². The molecule has 1 aromatic heterocycles. The standard InChI is InChI=1S/C10H9Cl2N3/c11-9-13-10(12)15(14-9)7-6-8-4-2-1-3-5-8/h1-5H,6-7H2. The summed E-state index contributed by atoms with van der Waals surface area (Å²) in [5.74, 6) is 0. The van der Waals surface area contributed by atoms with E-state index >= 15 is 0 Å². The van der Waals surface area contributed by atoms with Gasteiger partial charge in [0, 0.05) is 6.54 Å². The first-order valence-electron chi connectivity index (χ1n) is 4.55. The van der Waals surface area contributed by atoms with Gasteiger partial charge < -0.3 is 0 Å². The van der Waals surface area contributed by atoms with E-state index in [1.54, 1.807) is 4.68 Å². The van der Waals surface area contributed by atoms with Gasteiger partial charge in [-0.25, -0.2) is 4.68 Å². The van der Waals surface area contributed by atoms with E-state index in [9.17, 15) is 0 Å². The molecule has 0 aliphatic heterocycles. The van der Waals surface area contributed by atoms with Crippen molar-refractivity contribution in [2.24, 2.45) is 0 Å². The molecule has 0 bridgehead atoms. The first-order valence-corrected chi connectivity index (χ1v) is 5.31. The van der Waals surface area contributed by atoms with Crippen molar-refractivity contribution in [3.05, 3.63) is 46.5 Å². The smallest absolute Gasteiger partial charge is 0.235 e. The van der Waals surface area contributed by atoms with Crippen LogP contribution in [0, 0.1) is 0 Å². The maximum atomic E-state index is 5.82. The van der Waals surface area contributed by atoms with Crippen LogP contribution in [-0.4, -0.2) is 14.8 Å². The van der Waals surface area contributed by atoms with Gasteiger partial charge in [-0.3, -0.25) is 0 Å².